The van der Waals surface area contributed by atoms with E-state index >= 15 is 0 Å². The largest absolute Gasteiger partial charge is 0.469 e. The highest BCUT2D eigenvalue weighted by Gasteiger charge is 2.69. The molecule has 8 aliphatic rings. The van der Waals surface area contributed by atoms with Gasteiger partial charge in [-0.2, -0.15) is 0 Å². The molecule has 4 heterocycles. The van der Waals surface area contributed by atoms with Gasteiger partial charge in [0.1, 0.15) is 6.10 Å². The van der Waals surface area contributed by atoms with Gasteiger partial charge in [0.25, 0.3) is 0 Å². The van der Waals surface area contributed by atoms with E-state index in [1.54, 1.807) is 27.7 Å². The molecule has 13 atom stereocenters. The van der Waals surface area contributed by atoms with E-state index in [-0.39, 0.29) is 32.2 Å². The number of rotatable bonds is 3. The molecule has 4 aliphatic heterocycles. The summed E-state index contributed by atoms with van der Waals surface area (Å²) in [6.45, 7) is 15.2. The van der Waals surface area contributed by atoms with Crippen LogP contribution in [0, 0.1) is 58.2 Å². The van der Waals surface area contributed by atoms with Crippen molar-refractivity contribution >= 4 is 23.9 Å². The monoisotopic (exact) mass is 680 g/mol. The maximum absolute atomic E-state index is 12.2. The Morgan fingerprint density at radius 3 is 2.02 bits per heavy atom. The van der Waals surface area contributed by atoms with Gasteiger partial charge in [0.05, 0.1) is 30.5 Å². The van der Waals surface area contributed by atoms with Crippen molar-refractivity contribution in [1.29, 1.82) is 0 Å². The number of fused-ring (bicyclic) bond motifs is 15. The molecule has 4 saturated carbocycles. The van der Waals surface area contributed by atoms with Crippen LogP contribution in [0.5, 0.6) is 0 Å². The van der Waals surface area contributed by atoms with Crippen LogP contribution < -0.4 is 0 Å². The molecule has 0 N–H and O–H groups in total. The average Bonchev–Trinajstić information content (AvgIpc) is 3.83. The molecule has 0 aromatic heterocycles. The Morgan fingerprint density at radius 2 is 1.46 bits per heavy atom. The Morgan fingerprint density at radius 1 is 0.833 bits per heavy atom. The standard InChI is InChI=1S/C15H22O7.C14H18O2.C6H12O2.2CH4/c1-6-14(2,3)13(17)20-9-7-8(18-11(9)16)10-12(19-7)22-15(4,5)21-10;15-14-13-9-4-8(10(13)5-16-14)11-6-1-2-7(3-6)12(9)11;1-6(2,3)5(7)8-4;;/h7-10,12H,6H2,1-5H3;6-13H,1-5H2;1-4H3;2*1H4. The van der Waals surface area contributed by atoms with Crippen LogP contribution >= 0.6 is 0 Å². The van der Waals surface area contributed by atoms with Crippen molar-refractivity contribution in [3.05, 3.63) is 0 Å². The minimum atomic E-state index is -1.07. The molecule has 8 rings (SSSR count). The van der Waals surface area contributed by atoms with Gasteiger partial charge >= 0.3 is 23.9 Å². The SMILES string of the molecule is C.C.CCC(C)(C)C(=O)OC1C(=O)OC2C3OC(C)(C)OC3OC12.COC(=O)C(C)(C)C.O=C1OCC2C3CC(C12)C1C2CCC(C2)C31. The molecule has 13 unspecified atom stereocenters. The van der Waals surface area contributed by atoms with E-state index in [1.165, 1.54) is 32.8 Å². The summed E-state index contributed by atoms with van der Waals surface area (Å²) in [6.07, 6.45) is 2.95. The number of cyclic esters (lactones) is 1. The average molecular weight is 681 g/mol. The quantitative estimate of drug-likeness (QED) is 0.207. The number of hydrogen-bond donors (Lipinski definition) is 0. The molecule has 0 spiro atoms. The van der Waals surface area contributed by atoms with Crippen molar-refractivity contribution in [2.75, 3.05) is 13.7 Å². The highest BCUT2D eigenvalue weighted by atomic mass is 16.9. The third-order valence-corrected chi connectivity index (χ3v) is 12.0. The van der Waals surface area contributed by atoms with Crippen molar-refractivity contribution in [3.63, 3.8) is 0 Å². The van der Waals surface area contributed by atoms with E-state index in [2.05, 4.69) is 4.74 Å². The Balaban J connectivity index is 0.000000176. The fraction of sp³-hybridized carbons (Fsp3) is 0.892. The number of hydrogen-bond acceptors (Lipinski definition) is 11. The van der Waals surface area contributed by atoms with Gasteiger partial charge in [-0.3, -0.25) is 14.4 Å². The Hall–Kier alpha value is -2.24. The maximum Gasteiger partial charge on any atom is 0.350 e. The first-order chi connectivity index (χ1) is 21.5. The number of carbonyl (C=O) groups is 4. The van der Waals surface area contributed by atoms with Crippen molar-refractivity contribution in [3.8, 4) is 0 Å². The molecule has 0 aromatic carbocycles. The van der Waals surface area contributed by atoms with Gasteiger partial charge in [-0.1, -0.05) is 21.8 Å². The van der Waals surface area contributed by atoms with Gasteiger partial charge in [-0.15, -0.1) is 0 Å². The molecule has 48 heavy (non-hydrogen) atoms. The van der Waals surface area contributed by atoms with E-state index in [9.17, 15) is 19.2 Å². The van der Waals surface area contributed by atoms with Crippen molar-refractivity contribution in [2.45, 2.75) is 139 Å². The fourth-order valence-corrected chi connectivity index (χ4v) is 9.62. The molecule has 0 amide bonds. The first-order valence-corrected chi connectivity index (χ1v) is 17.1. The molecule has 0 radical (unpaired) electrons. The lowest BCUT2D eigenvalue weighted by molar-refractivity contribution is -0.217. The van der Waals surface area contributed by atoms with Gasteiger partial charge in [-0.25, -0.2) is 4.79 Å². The molecule has 11 nitrogen and oxygen atoms in total. The minimum Gasteiger partial charge on any atom is -0.469 e. The molecule has 8 fully saturated rings. The molecule has 274 valence electrons. The molecule has 11 heteroatoms. The summed E-state index contributed by atoms with van der Waals surface area (Å²) in [4.78, 5) is 46.6. The van der Waals surface area contributed by atoms with Gasteiger partial charge in [-0.05, 0) is 116 Å². The minimum absolute atomic E-state index is 0. The second-order valence-corrected chi connectivity index (χ2v) is 16.6. The Bertz CT molecular complexity index is 1240. The first-order valence-electron chi connectivity index (χ1n) is 17.1. The predicted molar refractivity (Wildman–Crippen MR) is 175 cm³/mol. The van der Waals surface area contributed by atoms with Gasteiger partial charge in [0, 0.05) is 5.92 Å². The van der Waals surface area contributed by atoms with E-state index < -0.39 is 53.8 Å². The molecule has 4 saturated heterocycles. The third-order valence-electron chi connectivity index (χ3n) is 12.0. The molecular formula is C37H60O11. The summed E-state index contributed by atoms with van der Waals surface area (Å²) in [5, 5.41) is 0. The van der Waals surface area contributed by atoms with Crippen LogP contribution in [0.1, 0.15) is 102 Å². The third kappa shape index (κ3) is 6.52. The number of methoxy groups -OCH3 is 1. The number of ether oxygens (including phenoxy) is 7. The lowest BCUT2D eigenvalue weighted by atomic mass is 9.64. The highest BCUT2D eigenvalue weighted by molar-refractivity contribution is 5.84. The number of carbonyl (C=O) groups excluding carboxylic acids is 4. The van der Waals surface area contributed by atoms with Crippen LogP contribution in [0.15, 0.2) is 0 Å². The Labute approximate surface area is 286 Å². The summed E-state index contributed by atoms with van der Waals surface area (Å²) in [7, 11) is 1.40. The zero-order chi connectivity index (χ0) is 33.5. The van der Waals surface area contributed by atoms with Gasteiger partial charge in [0.15, 0.2) is 24.3 Å². The van der Waals surface area contributed by atoms with Crippen molar-refractivity contribution in [1.82, 2.24) is 0 Å². The normalized spacial score (nSPS) is 41.5. The van der Waals surface area contributed by atoms with Gasteiger partial charge < -0.3 is 33.2 Å². The summed E-state index contributed by atoms with van der Waals surface area (Å²) >= 11 is 0. The van der Waals surface area contributed by atoms with Crippen molar-refractivity contribution in [2.24, 2.45) is 58.2 Å². The topological polar surface area (TPSA) is 133 Å². The van der Waals surface area contributed by atoms with Crippen LogP contribution in [0.3, 0.4) is 0 Å². The number of esters is 4. The predicted octanol–water partition coefficient (Wildman–Crippen LogP) is 5.70. The van der Waals surface area contributed by atoms with E-state index in [0.717, 1.165) is 42.1 Å². The lowest BCUT2D eigenvalue weighted by Crippen LogP contribution is -2.40. The Kier molecular flexibility index (Phi) is 10.8. The summed E-state index contributed by atoms with van der Waals surface area (Å²) in [5.74, 6) is 4.64. The summed E-state index contributed by atoms with van der Waals surface area (Å²) in [5.41, 5.74) is -1.02. The highest BCUT2D eigenvalue weighted by Crippen LogP contribution is 2.71. The van der Waals surface area contributed by atoms with E-state index in [1.807, 2.05) is 27.7 Å². The first kappa shape index (κ1) is 38.6. The zero-order valence-corrected chi connectivity index (χ0v) is 28.7. The molecule has 4 aliphatic carbocycles. The summed E-state index contributed by atoms with van der Waals surface area (Å²) < 4.78 is 37.5. The fourth-order valence-electron chi connectivity index (χ4n) is 9.62. The van der Waals surface area contributed by atoms with Crippen LogP contribution in [-0.2, 0) is 52.3 Å². The van der Waals surface area contributed by atoms with E-state index in [4.69, 9.17) is 28.4 Å². The molecule has 0 aromatic rings. The summed E-state index contributed by atoms with van der Waals surface area (Å²) in [6, 6.07) is 0. The van der Waals surface area contributed by atoms with Crippen LogP contribution in [-0.4, -0.2) is 74.1 Å². The zero-order valence-electron chi connectivity index (χ0n) is 28.7. The van der Waals surface area contributed by atoms with Crippen LogP contribution in [0.2, 0.25) is 0 Å². The second-order valence-electron chi connectivity index (χ2n) is 16.6. The van der Waals surface area contributed by atoms with E-state index in [0.29, 0.717) is 18.3 Å². The second kappa shape index (κ2) is 13.5. The maximum atomic E-state index is 12.2. The molecule has 4 bridgehead atoms. The van der Waals surface area contributed by atoms with Gasteiger partial charge in [0.2, 0.25) is 6.10 Å². The smallest absolute Gasteiger partial charge is 0.350 e. The van der Waals surface area contributed by atoms with Crippen molar-refractivity contribution < 1.29 is 52.3 Å². The molecular weight excluding hydrogens is 620 g/mol. The van der Waals surface area contributed by atoms with Crippen LogP contribution in [0.25, 0.3) is 0 Å². The van der Waals surface area contributed by atoms with Crippen LogP contribution in [0.4, 0.5) is 0 Å². The lowest BCUT2D eigenvalue weighted by Gasteiger charge is -2.38.